The summed E-state index contributed by atoms with van der Waals surface area (Å²) in [6.45, 7) is 4.05. The normalized spacial score (nSPS) is 13.4. The summed E-state index contributed by atoms with van der Waals surface area (Å²) in [5.74, 6) is -0.387. The van der Waals surface area contributed by atoms with E-state index >= 15 is 0 Å². The van der Waals surface area contributed by atoms with Crippen LogP contribution in [-0.2, 0) is 10.0 Å². The molecule has 9 heteroatoms. The Morgan fingerprint density at radius 3 is 2.42 bits per heavy atom. The van der Waals surface area contributed by atoms with Crippen LogP contribution < -0.4 is 10.0 Å². The van der Waals surface area contributed by atoms with Crippen molar-refractivity contribution in [2.45, 2.75) is 25.2 Å². The number of allylic oxidation sites excluding steroid dienone is 1. The third-order valence-electron chi connectivity index (χ3n) is 6.63. The molecule has 38 heavy (non-hydrogen) atoms. The number of furan rings is 1. The molecule has 0 atom stereocenters. The number of hydrogen-bond acceptors (Lipinski definition) is 4. The molecule has 1 fully saturated rings. The first-order chi connectivity index (χ1) is 18.1. The molecule has 1 amide bonds. The van der Waals surface area contributed by atoms with Gasteiger partial charge in [0.15, 0.2) is 0 Å². The van der Waals surface area contributed by atoms with E-state index in [-0.39, 0.29) is 24.0 Å². The molecule has 0 aliphatic heterocycles. The molecule has 0 bridgehead atoms. The maximum Gasteiger partial charge on any atom is 0.255 e. The number of carbonyl (C=O) groups excluding carboxylic acids is 1. The fraction of sp³-hybridized carbons (Fsp3) is 0.207. The molecule has 1 aliphatic rings. The number of nitrogens with one attached hydrogen (secondary N) is 2. The molecule has 4 aromatic rings. The molecule has 5 rings (SSSR count). The Morgan fingerprint density at radius 2 is 1.79 bits per heavy atom. The molecule has 3 aromatic carbocycles. The number of carbonyl (C=O) groups is 1. The quantitative estimate of drug-likeness (QED) is 0.216. The molecule has 2 N–H and O–H groups in total. The van der Waals surface area contributed by atoms with Crippen LogP contribution in [0.15, 0.2) is 76.1 Å². The third kappa shape index (κ3) is 5.54. The molecular formula is C29H26BrFN2O4S. The number of anilines is 1. The van der Waals surface area contributed by atoms with E-state index in [1.807, 2.05) is 30.3 Å². The molecular weight excluding hydrogens is 571 g/mol. The number of hydrogen-bond donors (Lipinski definition) is 2. The van der Waals surface area contributed by atoms with Gasteiger partial charge in [0, 0.05) is 28.5 Å². The van der Waals surface area contributed by atoms with E-state index in [2.05, 4.69) is 32.5 Å². The lowest BCUT2D eigenvalue weighted by Gasteiger charge is -2.13. The SMILES string of the molecule is C=C(CCS(=O)(=O)Nc1cc2oc(-c3ccc(F)cc3)c(C(=O)NC)c2cc1C1CC1)c1ccc(Br)cc1. The van der Waals surface area contributed by atoms with E-state index in [0.717, 1.165) is 34.0 Å². The van der Waals surface area contributed by atoms with Gasteiger partial charge in [-0.15, -0.1) is 0 Å². The summed E-state index contributed by atoms with van der Waals surface area (Å²) in [7, 11) is -2.18. The highest BCUT2D eigenvalue weighted by molar-refractivity contribution is 9.10. The zero-order valence-electron chi connectivity index (χ0n) is 20.7. The monoisotopic (exact) mass is 596 g/mol. The number of rotatable bonds is 9. The molecule has 1 heterocycles. The first-order valence-electron chi connectivity index (χ1n) is 12.2. The summed E-state index contributed by atoms with van der Waals surface area (Å²) in [5.41, 5.74) is 4.12. The van der Waals surface area contributed by atoms with E-state index in [1.165, 1.54) is 19.2 Å². The zero-order chi connectivity index (χ0) is 27.0. The molecule has 0 spiro atoms. The van der Waals surface area contributed by atoms with Gasteiger partial charge in [-0.25, -0.2) is 12.8 Å². The Morgan fingerprint density at radius 1 is 1.11 bits per heavy atom. The Bertz CT molecular complexity index is 1640. The Kier molecular flexibility index (Phi) is 7.15. The van der Waals surface area contributed by atoms with E-state index in [1.54, 1.807) is 18.2 Å². The van der Waals surface area contributed by atoms with Gasteiger partial charge in [-0.3, -0.25) is 9.52 Å². The lowest BCUT2D eigenvalue weighted by atomic mass is 10.0. The molecule has 1 aliphatic carbocycles. The highest BCUT2D eigenvalue weighted by Gasteiger charge is 2.30. The maximum absolute atomic E-state index is 13.5. The largest absolute Gasteiger partial charge is 0.455 e. The van der Waals surface area contributed by atoms with Gasteiger partial charge in [0.1, 0.15) is 17.2 Å². The van der Waals surface area contributed by atoms with Gasteiger partial charge in [-0.2, -0.15) is 0 Å². The Balaban J connectivity index is 1.48. The van der Waals surface area contributed by atoms with Crippen molar-refractivity contribution in [2.24, 2.45) is 0 Å². The van der Waals surface area contributed by atoms with Crippen LogP contribution in [0.2, 0.25) is 0 Å². The first kappa shape index (κ1) is 26.2. The second kappa shape index (κ2) is 10.4. The van der Waals surface area contributed by atoms with Crippen molar-refractivity contribution in [2.75, 3.05) is 17.5 Å². The predicted molar refractivity (Wildman–Crippen MR) is 152 cm³/mol. The van der Waals surface area contributed by atoms with Crippen molar-refractivity contribution >= 4 is 54.1 Å². The van der Waals surface area contributed by atoms with Crippen molar-refractivity contribution in [3.63, 3.8) is 0 Å². The fourth-order valence-corrected chi connectivity index (χ4v) is 5.83. The van der Waals surface area contributed by atoms with Crippen LogP contribution in [-0.4, -0.2) is 27.1 Å². The average Bonchev–Trinajstić information content (AvgIpc) is 3.67. The Hall–Kier alpha value is -3.43. The van der Waals surface area contributed by atoms with Gasteiger partial charge in [0.05, 0.1) is 17.0 Å². The van der Waals surface area contributed by atoms with Crippen LogP contribution in [0, 0.1) is 5.82 Å². The summed E-state index contributed by atoms with van der Waals surface area (Å²) < 4.78 is 49.5. The minimum atomic E-state index is -3.71. The van der Waals surface area contributed by atoms with Gasteiger partial charge >= 0.3 is 0 Å². The number of amides is 1. The van der Waals surface area contributed by atoms with Crippen molar-refractivity contribution < 1.29 is 22.0 Å². The first-order valence-corrected chi connectivity index (χ1v) is 14.6. The van der Waals surface area contributed by atoms with Crippen molar-refractivity contribution in [3.8, 4) is 11.3 Å². The lowest BCUT2D eigenvalue weighted by molar-refractivity contribution is 0.0964. The summed E-state index contributed by atoms with van der Waals surface area (Å²) in [6, 6.07) is 16.7. The number of fused-ring (bicyclic) bond motifs is 1. The van der Waals surface area contributed by atoms with Crippen LogP contribution in [0.3, 0.4) is 0 Å². The maximum atomic E-state index is 13.5. The predicted octanol–water partition coefficient (Wildman–Crippen LogP) is 7.08. The molecule has 6 nitrogen and oxygen atoms in total. The lowest BCUT2D eigenvalue weighted by Crippen LogP contribution is -2.19. The van der Waals surface area contributed by atoms with E-state index < -0.39 is 15.8 Å². The highest BCUT2D eigenvalue weighted by Crippen LogP contribution is 2.47. The summed E-state index contributed by atoms with van der Waals surface area (Å²) >= 11 is 3.40. The molecule has 1 saturated carbocycles. The number of benzene rings is 3. The molecule has 0 unspecified atom stereocenters. The standard InChI is InChI=1S/C29H26BrFN2O4S/c1-17(18-5-9-21(30)10-6-18)13-14-38(35,36)33-25-16-26-24(15-23(25)19-3-4-19)27(29(34)32-2)28(37-26)20-7-11-22(31)12-8-20/h5-12,15-16,19,33H,1,3-4,13-14H2,2H3,(H,32,34). The molecule has 196 valence electrons. The van der Waals surface area contributed by atoms with Crippen LogP contribution in [0.5, 0.6) is 0 Å². The number of sulfonamides is 1. The minimum absolute atomic E-state index is 0.132. The highest BCUT2D eigenvalue weighted by atomic mass is 79.9. The van der Waals surface area contributed by atoms with Crippen LogP contribution in [0.1, 0.15) is 46.7 Å². The second-order valence-electron chi connectivity index (χ2n) is 9.38. The zero-order valence-corrected chi connectivity index (χ0v) is 23.1. The van der Waals surface area contributed by atoms with Crippen molar-refractivity contribution in [1.29, 1.82) is 0 Å². The second-order valence-corrected chi connectivity index (χ2v) is 12.1. The van der Waals surface area contributed by atoms with Gasteiger partial charge in [-0.05, 0) is 84.3 Å². The molecule has 0 radical (unpaired) electrons. The smallest absolute Gasteiger partial charge is 0.255 e. The third-order valence-corrected chi connectivity index (χ3v) is 8.43. The summed E-state index contributed by atoms with van der Waals surface area (Å²) in [5, 5.41) is 3.23. The fourth-order valence-electron chi connectivity index (χ4n) is 4.44. The number of halogens is 2. The van der Waals surface area contributed by atoms with Gasteiger partial charge < -0.3 is 9.73 Å². The van der Waals surface area contributed by atoms with Crippen LogP contribution in [0.4, 0.5) is 10.1 Å². The molecule has 0 saturated heterocycles. The topological polar surface area (TPSA) is 88.4 Å². The van der Waals surface area contributed by atoms with Gasteiger partial charge in [0.25, 0.3) is 5.91 Å². The Labute approximate surface area is 229 Å². The van der Waals surface area contributed by atoms with E-state index in [0.29, 0.717) is 33.5 Å². The van der Waals surface area contributed by atoms with Crippen molar-refractivity contribution in [3.05, 3.63) is 94.2 Å². The van der Waals surface area contributed by atoms with Gasteiger partial charge in [-0.1, -0.05) is 34.6 Å². The summed E-state index contributed by atoms with van der Waals surface area (Å²) in [6.07, 6.45) is 2.13. The molecule has 1 aromatic heterocycles. The van der Waals surface area contributed by atoms with Crippen LogP contribution >= 0.6 is 15.9 Å². The van der Waals surface area contributed by atoms with Crippen LogP contribution in [0.25, 0.3) is 27.9 Å². The average molecular weight is 598 g/mol. The van der Waals surface area contributed by atoms with Crippen molar-refractivity contribution in [1.82, 2.24) is 5.32 Å². The minimum Gasteiger partial charge on any atom is -0.455 e. The van der Waals surface area contributed by atoms with Gasteiger partial charge in [0.2, 0.25) is 10.0 Å². The van der Waals surface area contributed by atoms with E-state index in [4.69, 9.17) is 4.42 Å². The summed E-state index contributed by atoms with van der Waals surface area (Å²) in [4.78, 5) is 12.9. The van der Waals surface area contributed by atoms with E-state index in [9.17, 15) is 17.6 Å².